The quantitative estimate of drug-likeness (QED) is 0.674. The Balaban J connectivity index is 1.54. The van der Waals surface area contributed by atoms with Crippen LogP contribution >= 0.6 is 23.2 Å². The van der Waals surface area contributed by atoms with Crippen molar-refractivity contribution in [2.45, 2.75) is 36.7 Å². The summed E-state index contributed by atoms with van der Waals surface area (Å²) in [5.74, 6) is -0.581. The van der Waals surface area contributed by atoms with Crippen LogP contribution in [0.25, 0.3) is 11.1 Å². The van der Waals surface area contributed by atoms with Crippen molar-refractivity contribution in [3.8, 4) is 11.1 Å². The average Bonchev–Trinajstić information content (AvgIpc) is 3.06. The summed E-state index contributed by atoms with van der Waals surface area (Å²) in [5.41, 5.74) is 3.28. The van der Waals surface area contributed by atoms with Gasteiger partial charge in [0.15, 0.2) is 0 Å². The molecular weight excluding hydrogens is 427 g/mol. The predicted molar refractivity (Wildman–Crippen MR) is 115 cm³/mol. The maximum Gasteiger partial charge on any atom is 0.233 e. The molecule has 3 heterocycles. The molecule has 9 heteroatoms. The van der Waals surface area contributed by atoms with Crippen molar-refractivity contribution in [3.63, 3.8) is 0 Å². The van der Waals surface area contributed by atoms with Crippen molar-refractivity contribution in [3.05, 3.63) is 30.6 Å². The topological polar surface area (TPSA) is 67.7 Å². The van der Waals surface area contributed by atoms with Gasteiger partial charge in [-0.25, -0.2) is 0 Å². The molecule has 1 unspecified atom stereocenters. The van der Waals surface area contributed by atoms with E-state index in [-0.39, 0.29) is 23.9 Å². The second kappa shape index (κ2) is 6.97. The van der Waals surface area contributed by atoms with Crippen LogP contribution < -0.4 is 9.80 Å². The van der Waals surface area contributed by atoms with Gasteiger partial charge in [-0.05, 0) is 31.0 Å². The van der Waals surface area contributed by atoms with Gasteiger partial charge < -0.3 is 14.5 Å². The highest BCUT2D eigenvalue weighted by Crippen LogP contribution is 2.55. The fourth-order valence-corrected chi connectivity index (χ4v) is 4.72. The first-order valence-corrected chi connectivity index (χ1v) is 10.8. The van der Waals surface area contributed by atoms with E-state index in [9.17, 15) is 9.59 Å². The van der Waals surface area contributed by atoms with E-state index in [1.165, 1.54) is 0 Å². The Kier molecular flexibility index (Phi) is 4.61. The first kappa shape index (κ1) is 19.8. The number of ether oxygens (including phenoxy) is 1. The SMILES string of the molecule is CC(=O)N1c2ccc(-c3cnn(C4COC4)c3)cc2N(C(=O)[C@@H]2CC2(Cl)Cl)CC1C. The molecule has 2 fully saturated rings. The minimum Gasteiger partial charge on any atom is -0.377 e. The summed E-state index contributed by atoms with van der Waals surface area (Å²) in [6.45, 7) is 5.20. The van der Waals surface area contributed by atoms with E-state index in [2.05, 4.69) is 5.10 Å². The smallest absolute Gasteiger partial charge is 0.233 e. The Morgan fingerprint density at radius 3 is 2.53 bits per heavy atom. The second-order valence-corrected chi connectivity index (χ2v) is 9.85. The Morgan fingerprint density at radius 1 is 1.20 bits per heavy atom. The third-order valence-corrected chi connectivity index (χ3v) is 6.91. The van der Waals surface area contributed by atoms with Gasteiger partial charge in [0.1, 0.15) is 4.33 Å². The Bertz CT molecular complexity index is 1030. The Hall–Kier alpha value is -2.09. The van der Waals surface area contributed by atoms with E-state index in [1.807, 2.05) is 42.2 Å². The first-order valence-electron chi connectivity index (χ1n) is 10.0. The third kappa shape index (κ3) is 3.20. The molecule has 1 saturated carbocycles. The largest absolute Gasteiger partial charge is 0.377 e. The van der Waals surface area contributed by atoms with Crippen molar-refractivity contribution < 1.29 is 14.3 Å². The summed E-state index contributed by atoms with van der Waals surface area (Å²) in [7, 11) is 0. The number of halogens is 2. The van der Waals surface area contributed by atoms with Crippen molar-refractivity contribution in [1.82, 2.24) is 9.78 Å². The standard InChI is InChI=1S/C21H22Cl2N4O3/c1-12-8-25(20(29)17-6-21(17,22)23)19-5-14(3-4-18(19)27(12)13(2)28)15-7-24-26(9-15)16-10-30-11-16/h3-5,7,9,12,16-17H,6,8,10-11H2,1-2H3/t12?,17-/m0/s1. The maximum absolute atomic E-state index is 13.2. The molecule has 3 aliphatic rings. The monoisotopic (exact) mass is 448 g/mol. The molecule has 2 amide bonds. The highest BCUT2D eigenvalue weighted by Gasteiger charge is 2.58. The molecule has 2 aromatic rings. The van der Waals surface area contributed by atoms with Gasteiger partial charge in [0, 0.05) is 25.2 Å². The number of benzene rings is 1. The van der Waals surface area contributed by atoms with Crippen LogP contribution in [0.2, 0.25) is 0 Å². The normalized spacial score (nSPS) is 24.9. The molecule has 2 aliphatic heterocycles. The zero-order chi connectivity index (χ0) is 21.2. The third-order valence-electron chi connectivity index (χ3n) is 6.07. The lowest BCUT2D eigenvalue weighted by molar-refractivity contribution is -0.120. The van der Waals surface area contributed by atoms with E-state index in [0.29, 0.717) is 37.6 Å². The highest BCUT2D eigenvalue weighted by molar-refractivity contribution is 6.52. The van der Waals surface area contributed by atoms with Crippen molar-refractivity contribution in [2.24, 2.45) is 5.92 Å². The summed E-state index contributed by atoms with van der Waals surface area (Å²) in [4.78, 5) is 29.0. The van der Waals surface area contributed by atoms with Gasteiger partial charge in [-0.15, -0.1) is 23.2 Å². The number of anilines is 2. The fourth-order valence-electron chi connectivity index (χ4n) is 4.23. The van der Waals surface area contributed by atoms with Gasteiger partial charge in [0.05, 0.1) is 48.8 Å². The fraction of sp³-hybridized carbons (Fsp3) is 0.476. The maximum atomic E-state index is 13.2. The molecule has 2 atom stereocenters. The molecule has 1 aromatic carbocycles. The summed E-state index contributed by atoms with van der Waals surface area (Å²) in [5, 5.41) is 4.45. The minimum atomic E-state index is -0.998. The van der Waals surface area contributed by atoms with E-state index >= 15 is 0 Å². The lowest BCUT2D eigenvalue weighted by Crippen LogP contribution is -2.52. The molecule has 7 nitrogen and oxygen atoms in total. The molecule has 158 valence electrons. The van der Waals surface area contributed by atoms with Gasteiger partial charge in [-0.2, -0.15) is 5.10 Å². The Morgan fingerprint density at radius 2 is 1.93 bits per heavy atom. The first-order chi connectivity index (χ1) is 14.3. The van der Waals surface area contributed by atoms with Gasteiger partial charge in [0.25, 0.3) is 0 Å². The number of nitrogens with zero attached hydrogens (tertiary/aromatic N) is 4. The van der Waals surface area contributed by atoms with Crippen LogP contribution in [0.1, 0.15) is 26.3 Å². The van der Waals surface area contributed by atoms with Gasteiger partial charge in [0.2, 0.25) is 11.8 Å². The van der Waals surface area contributed by atoms with E-state index < -0.39 is 10.3 Å². The molecule has 0 spiro atoms. The molecule has 0 radical (unpaired) electrons. The zero-order valence-electron chi connectivity index (χ0n) is 16.7. The van der Waals surface area contributed by atoms with Crippen molar-refractivity contribution >= 4 is 46.4 Å². The Labute approximate surface area is 184 Å². The summed E-state index contributed by atoms with van der Waals surface area (Å²) >= 11 is 12.3. The van der Waals surface area contributed by atoms with Crippen LogP contribution in [-0.2, 0) is 14.3 Å². The summed E-state index contributed by atoms with van der Waals surface area (Å²) in [6.07, 6.45) is 4.24. The van der Waals surface area contributed by atoms with Crippen LogP contribution in [0.5, 0.6) is 0 Å². The molecule has 1 saturated heterocycles. The lowest BCUT2D eigenvalue weighted by Gasteiger charge is -2.41. The molecule has 5 rings (SSSR count). The van der Waals surface area contributed by atoms with Crippen molar-refractivity contribution in [2.75, 3.05) is 29.6 Å². The average molecular weight is 449 g/mol. The number of alkyl halides is 2. The van der Waals surface area contributed by atoms with E-state index in [4.69, 9.17) is 27.9 Å². The molecule has 1 aromatic heterocycles. The van der Waals surface area contributed by atoms with Crippen LogP contribution in [0.3, 0.4) is 0 Å². The number of carbonyl (C=O) groups excluding carboxylic acids is 2. The minimum absolute atomic E-state index is 0.0585. The molecule has 0 bridgehead atoms. The zero-order valence-corrected chi connectivity index (χ0v) is 18.2. The number of amides is 2. The van der Waals surface area contributed by atoms with Crippen LogP contribution in [0, 0.1) is 5.92 Å². The van der Waals surface area contributed by atoms with Crippen molar-refractivity contribution in [1.29, 1.82) is 0 Å². The van der Waals surface area contributed by atoms with Gasteiger partial charge in [-0.1, -0.05) is 6.07 Å². The molecule has 1 aliphatic carbocycles. The predicted octanol–water partition coefficient (Wildman–Crippen LogP) is 3.40. The van der Waals surface area contributed by atoms with Gasteiger partial charge >= 0.3 is 0 Å². The van der Waals surface area contributed by atoms with Crippen LogP contribution in [-0.4, -0.2) is 51.7 Å². The van der Waals surface area contributed by atoms with Gasteiger partial charge in [-0.3, -0.25) is 14.3 Å². The van der Waals surface area contributed by atoms with Crippen LogP contribution in [0.4, 0.5) is 11.4 Å². The molecule has 0 N–H and O–H groups in total. The van der Waals surface area contributed by atoms with E-state index in [1.54, 1.807) is 16.7 Å². The summed E-state index contributed by atoms with van der Waals surface area (Å²) in [6, 6.07) is 5.91. The van der Waals surface area contributed by atoms with Crippen LogP contribution in [0.15, 0.2) is 30.6 Å². The molecule has 30 heavy (non-hydrogen) atoms. The second-order valence-electron chi connectivity index (χ2n) is 8.31. The number of aromatic nitrogens is 2. The number of rotatable bonds is 3. The number of fused-ring (bicyclic) bond motifs is 1. The van der Waals surface area contributed by atoms with E-state index in [0.717, 1.165) is 11.1 Å². The number of carbonyl (C=O) groups is 2. The molecular formula is C21H22Cl2N4O3. The highest BCUT2D eigenvalue weighted by atomic mass is 35.5. The lowest BCUT2D eigenvalue weighted by atomic mass is 10.0. The number of hydrogen-bond acceptors (Lipinski definition) is 4. The summed E-state index contributed by atoms with van der Waals surface area (Å²) < 4.78 is 6.15. The number of hydrogen-bond donors (Lipinski definition) is 0.